The number of rotatable bonds is 3. The van der Waals surface area contributed by atoms with Gasteiger partial charge in [0.15, 0.2) is 5.75 Å². The maximum atomic E-state index is 12.4. The Morgan fingerprint density at radius 3 is 2.63 bits per heavy atom. The minimum atomic E-state index is -0.485. The lowest BCUT2D eigenvalue weighted by molar-refractivity contribution is -0.135. The van der Waals surface area contributed by atoms with Crippen molar-refractivity contribution >= 4 is 5.91 Å². The molecule has 2 heterocycles. The molecule has 0 spiro atoms. The summed E-state index contributed by atoms with van der Waals surface area (Å²) >= 11 is 0. The molecule has 1 aliphatic heterocycles. The maximum Gasteiger partial charge on any atom is 0.293 e. The summed E-state index contributed by atoms with van der Waals surface area (Å²) in [6.07, 6.45) is 4.91. The van der Waals surface area contributed by atoms with Gasteiger partial charge in [0.05, 0.1) is 7.11 Å². The Hall–Kier alpha value is -1.78. The first-order chi connectivity index (χ1) is 9.15. The van der Waals surface area contributed by atoms with E-state index >= 15 is 0 Å². The second kappa shape index (κ2) is 5.91. The SMILES string of the molecule is COc1cccn([C@H](C)C(=O)N2CCCCC2)c1=O. The molecule has 5 nitrogen and oxygen atoms in total. The highest BCUT2D eigenvalue weighted by atomic mass is 16.5. The van der Waals surface area contributed by atoms with Gasteiger partial charge in [-0.2, -0.15) is 0 Å². The molecule has 1 fully saturated rings. The molecule has 0 bridgehead atoms. The molecule has 0 aromatic carbocycles. The molecule has 1 atom stereocenters. The highest BCUT2D eigenvalue weighted by Crippen LogP contribution is 2.15. The number of carbonyl (C=O) groups is 1. The van der Waals surface area contributed by atoms with Crippen LogP contribution in [0.25, 0.3) is 0 Å². The van der Waals surface area contributed by atoms with Gasteiger partial charge in [0.25, 0.3) is 5.56 Å². The Morgan fingerprint density at radius 1 is 1.32 bits per heavy atom. The van der Waals surface area contributed by atoms with E-state index in [2.05, 4.69) is 0 Å². The average molecular weight is 264 g/mol. The standard InChI is InChI=1S/C14H20N2O3/c1-11(13(17)15-8-4-3-5-9-15)16-10-6-7-12(19-2)14(16)18/h6-7,10-11H,3-5,8-9H2,1-2H3/t11-/m1/s1. The highest BCUT2D eigenvalue weighted by Gasteiger charge is 2.24. The Bertz CT molecular complexity index is 504. The molecule has 0 aliphatic carbocycles. The van der Waals surface area contributed by atoms with Gasteiger partial charge in [-0.25, -0.2) is 0 Å². The van der Waals surface area contributed by atoms with Gasteiger partial charge in [-0.3, -0.25) is 9.59 Å². The van der Waals surface area contributed by atoms with Gasteiger partial charge in [-0.1, -0.05) is 0 Å². The zero-order chi connectivity index (χ0) is 13.8. The minimum Gasteiger partial charge on any atom is -0.491 e. The van der Waals surface area contributed by atoms with E-state index in [9.17, 15) is 9.59 Å². The van der Waals surface area contributed by atoms with Gasteiger partial charge in [0.1, 0.15) is 6.04 Å². The molecule has 19 heavy (non-hydrogen) atoms. The Morgan fingerprint density at radius 2 is 2.00 bits per heavy atom. The third-order valence-electron chi connectivity index (χ3n) is 3.60. The van der Waals surface area contributed by atoms with Gasteiger partial charge >= 0.3 is 0 Å². The Labute approximate surface area is 112 Å². The van der Waals surface area contributed by atoms with Crippen LogP contribution in [0.2, 0.25) is 0 Å². The Kier molecular flexibility index (Phi) is 4.24. The molecule has 0 N–H and O–H groups in total. The van der Waals surface area contributed by atoms with Crippen LogP contribution in [0, 0.1) is 0 Å². The predicted molar refractivity (Wildman–Crippen MR) is 72.4 cm³/mol. The minimum absolute atomic E-state index is 0.00931. The molecule has 0 saturated carbocycles. The first kappa shape index (κ1) is 13.6. The van der Waals surface area contributed by atoms with E-state index in [1.165, 1.54) is 18.1 Å². The summed E-state index contributed by atoms with van der Waals surface area (Å²) in [4.78, 5) is 26.3. The molecule has 0 radical (unpaired) electrons. The summed E-state index contributed by atoms with van der Waals surface area (Å²) < 4.78 is 6.44. The predicted octanol–water partition coefficient (Wildman–Crippen LogP) is 1.43. The van der Waals surface area contributed by atoms with Crippen LogP contribution in [0.5, 0.6) is 5.75 Å². The van der Waals surface area contributed by atoms with Crippen molar-refractivity contribution in [3.8, 4) is 5.75 Å². The van der Waals surface area contributed by atoms with Crippen molar-refractivity contribution in [3.05, 3.63) is 28.7 Å². The number of pyridine rings is 1. The summed E-state index contributed by atoms with van der Waals surface area (Å²) in [7, 11) is 1.46. The van der Waals surface area contributed by atoms with Gasteiger partial charge in [0, 0.05) is 19.3 Å². The fraction of sp³-hybridized carbons (Fsp3) is 0.571. The summed E-state index contributed by atoms with van der Waals surface area (Å²) in [6, 6.07) is 2.85. The average Bonchev–Trinajstić information content (AvgIpc) is 2.47. The Balaban J connectivity index is 2.21. The van der Waals surface area contributed by atoms with Gasteiger partial charge in [-0.05, 0) is 38.3 Å². The van der Waals surface area contributed by atoms with Crippen LogP contribution >= 0.6 is 0 Å². The van der Waals surface area contributed by atoms with E-state index in [4.69, 9.17) is 4.74 Å². The molecular weight excluding hydrogens is 244 g/mol. The van der Waals surface area contributed by atoms with Crippen LogP contribution in [-0.2, 0) is 4.79 Å². The molecule has 0 unspecified atom stereocenters. The number of piperidine rings is 1. The van der Waals surface area contributed by atoms with Crippen molar-refractivity contribution in [2.24, 2.45) is 0 Å². The number of hydrogen-bond acceptors (Lipinski definition) is 3. The van der Waals surface area contributed by atoms with Crippen LogP contribution in [0.15, 0.2) is 23.1 Å². The van der Waals surface area contributed by atoms with Crippen molar-refractivity contribution in [2.45, 2.75) is 32.2 Å². The number of ether oxygens (including phenoxy) is 1. The first-order valence-corrected chi connectivity index (χ1v) is 6.69. The van der Waals surface area contributed by atoms with E-state index in [0.717, 1.165) is 25.9 Å². The van der Waals surface area contributed by atoms with Crippen LogP contribution in [0.3, 0.4) is 0 Å². The number of methoxy groups -OCH3 is 1. The third kappa shape index (κ3) is 2.80. The van der Waals surface area contributed by atoms with E-state index in [1.54, 1.807) is 25.3 Å². The molecule has 1 saturated heterocycles. The van der Waals surface area contributed by atoms with Crippen molar-refractivity contribution in [3.63, 3.8) is 0 Å². The molecule has 2 rings (SSSR count). The first-order valence-electron chi connectivity index (χ1n) is 6.69. The molecule has 1 amide bonds. The second-order valence-electron chi connectivity index (χ2n) is 4.85. The number of nitrogens with zero attached hydrogens (tertiary/aromatic N) is 2. The number of carbonyl (C=O) groups excluding carboxylic acids is 1. The fourth-order valence-electron chi connectivity index (χ4n) is 2.45. The number of amides is 1. The molecule has 1 aromatic rings. The lowest BCUT2D eigenvalue weighted by atomic mass is 10.1. The van der Waals surface area contributed by atoms with Crippen LogP contribution in [0.4, 0.5) is 0 Å². The van der Waals surface area contributed by atoms with Crippen molar-refractivity contribution in [2.75, 3.05) is 20.2 Å². The molecule has 5 heteroatoms. The smallest absolute Gasteiger partial charge is 0.293 e. The van der Waals surface area contributed by atoms with Crippen molar-refractivity contribution in [1.82, 2.24) is 9.47 Å². The lowest BCUT2D eigenvalue weighted by Gasteiger charge is -2.29. The third-order valence-corrected chi connectivity index (χ3v) is 3.60. The van der Waals surface area contributed by atoms with Gasteiger partial charge < -0.3 is 14.2 Å². The molecule has 1 aliphatic rings. The zero-order valence-corrected chi connectivity index (χ0v) is 11.5. The zero-order valence-electron chi connectivity index (χ0n) is 11.5. The van der Waals surface area contributed by atoms with E-state index in [1.807, 2.05) is 4.90 Å². The van der Waals surface area contributed by atoms with Gasteiger partial charge in [-0.15, -0.1) is 0 Å². The van der Waals surface area contributed by atoms with Gasteiger partial charge in [0.2, 0.25) is 5.91 Å². The van der Waals surface area contributed by atoms with Crippen LogP contribution in [-0.4, -0.2) is 35.6 Å². The lowest BCUT2D eigenvalue weighted by Crippen LogP contribution is -2.41. The van der Waals surface area contributed by atoms with Crippen LogP contribution in [0.1, 0.15) is 32.2 Å². The van der Waals surface area contributed by atoms with E-state index in [-0.39, 0.29) is 17.2 Å². The quantitative estimate of drug-likeness (QED) is 0.830. The molecule has 104 valence electrons. The summed E-state index contributed by atoms with van der Waals surface area (Å²) in [6.45, 7) is 3.35. The van der Waals surface area contributed by atoms with E-state index in [0.29, 0.717) is 0 Å². The van der Waals surface area contributed by atoms with Crippen LogP contribution < -0.4 is 10.3 Å². The van der Waals surface area contributed by atoms with E-state index < -0.39 is 6.04 Å². The summed E-state index contributed by atoms with van der Waals surface area (Å²) in [5.74, 6) is 0.274. The monoisotopic (exact) mass is 264 g/mol. The number of hydrogen-bond donors (Lipinski definition) is 0. The normalized spacial score (nSPS) is 17.1. The number of likely N-dealkylation sites (tertiary alicyclic amines) is 1. The topological polar surface area (TPSA) is 51.5 Å². The number of aromatic nitrogens is 1. The second-order valence-corrected chi connectivity index (χ2v) is 4.85. The summed E-state index contributed by atoms with van der Waals surface area (Å²) in [5.41, 5.74) is -0.261. The maximum absolute atomic E-state index is 12.4. The largest absolute Gasteiger partial charge is 0.491 e. The van der Waals surface area contributed by atoms with Crippen molar-refractivity contribution in [1.29, 1.82) is 0 Å². The van der Waals surface area contributed by atoms with Crippen molar-refractivity contribution < 1.29 is 9.53 Å². The highest BCUT2D eigenvalue weighted by molar-refractivity contribution is 5.80. The molecule has 1 aromatic heterocycles. The molecular formula is C14H20N2O3. The fourth-order valence-corrected chi connectivity index (χ4v) is 2.45. The summed E-state index contributed by atoms with van der Waals surface area (Å²) in [5, 5.41) is 0.